The van der Waals surface area contributed by atoms with E-state index in [0.717, 1.165) is 4.90 Å². The van der Waals surface area contributed by atoms with Crippen LogP contribution in [0.4, 0.5) is 8.78 Å². The van der Waals surface area contributed by atoms with E-state index in [9.17, 15) is 22.0 Å². The third kappa shape index (κ3) is 6.30. The highest BCUT2D eigenvalue weighted by atomic mass is 32.2. The maximum atomic E-state index is 13.8. The van der Waals surface area contributed by atoms with Crippen molar-refractivity contribution in [3.8, 4) is 11.5 Å². The maximum absolute atomic E-state index is 13.8. The van der Waals surface area contributed by atoms with Crippen LogP contribution in [0.15, 0.2) is 136 Å². The predicted molar refractivity (Wildman–Crippen MR) is 157 cm³/mol. The minimum atomic E-state index is -5.75. The third-order valence-corrected chi connectivity index (χ3v) is 9.65. The molecule has 5 rings (SSSR count). The fourth-order valence-corrected chi connectivity index (χ4v) is 6.77. The first-order valence-electron chi connectivity index (χ1n) is 12.7. The van der Waals surface area contributed by atoms with Crippen molar-refractivity contribution in [3.05, 3.63) is 127 Å². The molecular weight excluding hydrogens is 582 g/mol. The van der Waals surface area contributed by atoms with Gasteiger partial charge in [0.05, 0.1) is 16.5 Å². The van der Waals surface area contributed by atoms with Crippen LogP contribution >= 0.6 is 0 Å². The molecule has 1 N–H and O–H groups in total. The second-order valence-corrected chi connectivity index (χ2v) is 12.8. The number of carbonyl (C=O) groups excluding carboxylic acids is 1. The van der Waals surface area contributed by atoms with Gasteiger partial charge in [0, 0.05) is 0 Å². The number of ether oxygens (including phenoxy) is 2. The van der Waals surface area contributed by atoms with E-state index in [1.807, 2.05) is 60.7 Å². The summed E-state index contributed by atoms with van der Waals surface area (Å²) in [5.41, 5.74) is -0.0584. The Morgan fingerprint density at radius 3 is 1.81 bits per heavy atom. The summed E-state index contributed by atoms with van der Waals surface area (Å²) in [7, 11) is -6.04. The van der Waals surface area contributed by atoms with Gasteiger partial charge < -0.3 is 9.47 Å². The van der Waals surface area contributed by atoms with Crippen LogP contribution in [0.1, 0.15) is 17.3 Å². The normalized spacial score (nSPS) is 12.7. The Balaban J connectivity index is 1.32. The zero-order valence-electron chi connectivity index (χ0n) is 22.2. The molecule has 5 aromatic carbocycles. The summed E-state index contributed by atoms with van der Waals surface area (Å²) in [6, 6.07) is 38.1. The van der Waals surface area contributed by atoms with Crippen molar-refractivity contribution in [2.24, 2.45) is 0 Å². The van der Waals surface area contributed by atoms with Crippen molar-refractivity contribution in [1.29, 1.82) is 0 Å². The van der Waals surface area contributed by atoms with Crippen LogP contribution in [-0.2, 0) is 25.7 Å². The smallest absolute Gasteiger partial charge is 0.405 e. The molecule has 1 atom stereocenters. The van der Waals surface area contributed by atoms with Gasteiger partial charge in [-0.15, -0.1) is 0 Å². The lowest BCUT2D eigenvalue weighted by Gasteiger charge is -2.20. The van der Waals surface area contributed by atoms with E-state index in [1.54, 1.807) is 24.3 Å². The minimum absolute atomic E-state index is 0.0584. The minimum Gasteiger partial charge on any atom is -0.457 e. The Morgan fingerprint density at radius 2 is 1.24 bits per heavy atom. The summed E-state index contributed by atoms with van der Waals surface area (Å²) >= 11 is 0. The molecule has 214 valence electrons. The van der Waals surface area contributed by atoms with E-state index < -0.39 is 27.4 Å². The molecule has 0 spiro atoms. The third-order valence-electron chi connectivity index (χ3n) is 6.40. The van der Waals surface area contributed by atoms with Gasteiger partial charge in [0.1, 0.15) is 11.5 Å². The number of hydrogen-bond donors (Lipinski definition) is 1. The van der Waals surface area contributed by atoms with Gasteiger partial charge in [-0.05, 0) is 90.5 Å². The van der Waals surface area contributed by atoms with Crippen molar-refractivity contribution in [1.82, 2.24) is 0 Å². The van der Waals surface area contributed by atoms with Crippen molar-refractivity contribution in [2.45, 2.75) is 33.0 Å². The highest BCUT2D eigenvalue weighted by Crippen LogP contribution is 2.34. The molecule has 10 heteroatoms. The van der Waals surface area contributed by atoms with Gasteiger partial charge in [-0.1, -0.05) is 48.5 Å². The molecule has 0 radical (unpaired) electrons. The number of benzene rings is 5. The van der Waals surface area contributed by atoms with Crippen LogP contribution in [0, 0.1) is 0 Å². The monoisotopic (exact) mass is 607 g/mol. The first-order valence-corrected chi connectivity index (χ1v) is 15.4. The molecule has 0 aliphatic carbocycles. The molecule has 1 unspecified atom stereocenters. The SMILES string of the molecule is CC(OC(=O)c1ccc2cc(Oc3ccc([S+](c4ccccc4)c4ccccc4)cc3)ccc2c1)C(F)(F)S(=O)(=O)O. The molecule has 42 heavy (non-hydrogen) atoms. The number of fused-ring (bicyclic) bond motifs is 1. The molecule has 0 amide bonds. The number of hydrogen-bond acceptors (Lipinski definition) is 5. The number of esters is 1. The lowest BCUT2D eigenvalue weighted by atomic mass is 10.1. The van der Waals surface area contributed by atoms with Crippen LogP contribution in [0.5, 0.6) is 11.5 Å². The molecule has 0 aromatic heterocycles. The molecule has 0 saturated carbocycles. The van der Waals surface area contributed by atoms with Crippen molar-refractivity contribution in [3.63, 3.8) is 0 Å². The fraction of sp³-hybridized carbons (Fsp3) is 0.0938. The lowest BCUT2D eigenvalue weighted by Crippen LogP contribution is -2.42. The summed E-state index contributed by atoms with van der Waals surface area (Å²) in [6.07, 6.45) is -2.39. The van der Waals surface area contributed by atoms with Crippen LogP contribution in [-0.4, -0.2) is 30.3 Å². The predicted octanol–water partition coefficient (Wildman–Crippen LogP) is 7.75. The Bertz CT molecular complexity index is 1770. The molecule has 0 heterocycles. The van der Waals surface area contributed by atoms with Crippen molar-refractivity contribution in [2.75, 3.05) is 0 Å². The van der Waals surface area contributed by atoms with Gasteiger partial charge in [-0.3, -0.25) is 4.55 Å². The van der Waals surface area contributed by atoms with Gasteiger partial charge in [0.25, 0.3) is 0 Å². The van der Waals surface area contributed by atoms with Crippen molar-refractivity contribution >= 4 is 37.8 Å². The van der Waals surface area contributed by atoms with Crippen molar-refractivity contribution < 1.29 is 36.0 Å². The van der Waals surface area contributed by atoms with E-state index in [2.05, 4.69) is 29.0 Å². The van der Waals surface area contributed by atoms with Crippen LogP contribution in [0.2, 0.25) is 0 Å². The number of alkyl halides is 2. The second-order valence-electron chi connectivity index (χ2n) is 9.31. The Labute approximate surface area is 244 Å². The first-order chi connectivity index (χ1) is 20.0. The van der Waals surface area contributed by atoms with Gasteiger partial charge in [-0.25, -0.2) is 4.79 Å². The molecule has 5 aromatic rings. The number of halogens is 2. The van der Waals surface area contributed by atoms with E-state index in [4.69, 9.17) is 9.29 Å². The van der Waals surface area contributed by atoms with Gasteiger partial charge in [0.2, 0.25) is 0 Å². The molecule has 0 bridgehead atoms. The zero-order valence-corrected chi connectivity index (χ0v) is 23.8. The zero-order chi connectivity index (χ0) is 29.9. The average molecular weight is 608 g/mol. The largest absolute Gasteiger partial charge is 0.457 e. The second kappa shape index (κ2) is 11.9. The Kier molecular flexibility index (Phi) is 8.31. The molecule has 6 nitrogen and oxygen atoms in total. The van der Waals surface area contributed by atoms with Gasteiger partial charge in [0.15, 0.2) is 20.8 Å². The van der Waals surface area contributed by atoms with Crippen LogP contribution < -0.4 is 4.74 Å². The molecule has 0 fully saturated rings. The quantitative estimate of drug-likeness (QED) is 0.105. The van der Waals surface area contributed by atoms with E-state index in [-0.39, 0.29) is 16.5 Å². The summed E-state index contributed by atoms with van der Waals surface area (Å²) in [6.45, 7) is 0.687. The van der Waals surface area contributed by atoms with Crippen LogP contribution in [0.3, 0.4) is 0 Å². The van der Waals surface area contributed by atoms with E-state index in [1.165, 1.54) is 21.9 Å². The highest BCUT2D eigenvalue weighted by Gasteiger charge is 2.52. The highest BCUT2D eigenvalue weighted by molar-refractivity contribution is 7.97. The number of carbonyl (C=O) groups is 1. The van der Waals surface area contributed by atoms with Crippen LogP contribution in [0.25, 0.3) is 10.8 Å². The Hall–Kier alpha value is -4.25. The maximum Gasteiger partial charge on any atom is 0.405 e. The summed E-state index contributed by atoms with van der Waals surface area (Å²) in [5, 5.41) is -3.32. The van der Waals surface area contributed by atoms with E-state index in [0.29, 0.717) is 29.2 Å². The summed E-state index contributed by atoms with van der Waals surface area (Å²) in [5.74, 6) is 0.0343. The number of rotatable bonds is 9. The van der Waals surface area contributed by atoms with Gasteiger partial charge >= 0.3 is 21.3 Å². The summed E-state index contributed by atoms with van der Waals surface area (Å²) in [4.78, 5) is 15.9. The molecule has 0 saturated heterocycles. The summed E-state index contributed by atoms with van der Waals surface area (Å²) < 4.78 is 68.8. The van der Waals surface area contributed by atoms with Gasteiger partial charge in [-0.2, -0.15) is 17.2 Å². The standard InChI is InChI=1S/C32H24F2O6S2/c1-22(32(33,34)42(36,37)38)39-31(35)25-13-12-24-21-27(15-14-23(24)20-25)40-26-16-18-30(19-17-26)41(28-8-4-2-5-9-28)29-10-6-3-7-11-29/h2-22H,1H3/p+1. The average Bonchev–Trinajstić information content (AvgIpc) is 2.98. The molecular formula is C32H25F2O6S2+. The molecule has 0 aliphatic rings. The fourth-order valence-electron chi connectivity index (χ4n) is 4.22. The topological polar surface area (TPSA) is 89.9 Å². The Morgan fingerprint density at radius 1 is 0.738 bits per heavy atom. The lowest BCUT2D eigenvalue weighted by molar-refractivity contribution is -0.0549. The van der Waals surface area contributed by atoms with E-state index >= 15 is 0 Å². The first kappa shape index (κ1) is 29.2. The molecule has 0 aliphatic heterocycles.